The van der Waals surface area contributed by atoms with Gasteiger partial charge in [0.2, 0.25) is 11.8 Å². The van der Waals surface area contributed by atoms with Gasteiger partial charge in [-0.1, -0.05) is 25.7 Å². The minimum atomic E-state index is -0.603. The van der Waals surface area contributed by atoms with Gasteiger partial charge in [0.05, 0.1) is 29.3 Å². The number of rotatable bonds is 8. The molecule has 196 valence electrons. The van der Waals surface area contributed by atoms with Gasteiger partial charge in [-0.15, -0.1) is 11.3 Å². The molecule has 1 aliphatic heterocycles. The minimum absolute atomic E-state index is 0.0356. The van der Waals surface area contributed by atoms with Crippen LogP contribution in [0.3, 0.4) is 0 Å². The van der Waals surface area contributed by atoms with E-state index in [4.69, 9.17) is 4.74 Å². The molecule has 0 radical (unpaired) electrons. The average molecular weight is 588 g/mol. The van der Waals surface area contributed by atoms with Gasteiger partial charge in [0.25, 0.3) is 5.91 Å². The first kappa shape index (κ1) is 25.7. The van der Waals surface area contributed by atoms with Crippen LogP contribution in [-0.2, 0) is 11.8 Å². The molecule has 0 bridgehead atoms. The molecular weight excluding hydrogens is 556 g/mol. The number of anilines is 2. The molecule has 11 heteroatoms. The Kier molecular flexibility index (Phi) is 7.80. The van der Waals surface area contributed by atoms with E-state index < -0.39 is 6.04 Å². The quantitative estimate of drug-likeness (QED) is 0.388. The van der Waals surface area contributed by atoms with Crippen LogP contribution in [0.2, 0.25) is 0 Å². The molecule has 0 unspecified atom stereocenters. The topological polar surface area (TPSA) is 101 Å². The van der Waals surface area contributed by atoms with Crippen molar-refractivity contribution in [2.45, 2.75) is 51.1 Å². The molecule has 3 aromatic heterocycles. The monoisotopic (exact) mass is 586 g/mol. The summed E-state index contributed by atoms with van der Waals surface area (Å²) in [7, 11) is 1.80. The lowest BCUT2D eigenvalue weighted by molar-refractivity contribution is -0.118. The van der Waals surface area contributed by atoms with Gasteiger partial charge in [0, 0.05) is 28.8 Å². The van der Waals surface area contributed by atoms with E-state index in [2.05, 4.69) is 48.5 Å². The van der Waals surface area contributed by atoms with E-state index in [1.165, 1.54) is 24.2 Å². The summed E-state index contributed by atoms with van der Waals surface area (Å²) in [6.45, 7) is 3.40. The van der Waals surface area contributed by atoms with Crippen LogP contribution in [-0.4, -0.2) is 45.8 Å². The molecule has 2 atom stereocenters. The van der Waals surface area contributed by atoms with Crippen molar-refractivity contribution in [1.29, 1.82) is 0 Å². The Hall–Kier alpha value is -2.92. The van der Waals surface area contributed by atoms with Crippen LogP contribution in [0.5, 0.6) is 5.88 Å². The van der Waals surface area contributed by atoms with Gasteiger partial charge < -0.3 is 20.3 Å². The van der Waals surface area contributed by atoms with E-state index in [-0.39, 0.29) is 17.9 Å². The highest BCUT2D eigenvalue weighted by Crippen LogP contribution is 2.38. The second-order valence-electron chi connectivity index (χ2n) is 9.70. The van der Waals surface area contributed by atoms with E-state index >= 15 is 0 Å². The first-order valence-electron chi connectivity index (χ1n) is 12.6. The number of nitrogens with zero attached hydrogens (tertiary/aromatic N) is 4. The molecule has 2 aliphatic rings. The summed E-state index contributed by atoms with van der Waals surface area (Å²) in [4.78, 5) is 34.7. The Balaban J connectivity index is 1.29. The Morgan fingerprint density at radius 2 is 2.08 bits per heavy atom. The molecule has 0 spiro atoms. The maximum atomic E-state index is 13.3. The maximum Gasteiger partial charge on any atom is 0.262 e. The van der Waals surface area contributed by atoms with Crippen LogP contribution < -0.4 is 20.3 Å². The van der Waals surface area contributed by atoms with Crippen molar-refractivity contribution < 1.29 is 14.3 Å². The maximum absolute atomic E-state index is 13.3. The number of nitrogens with one attached hydrogen (secondary N) is 2. The Morgan fingerprint density at radius 1 is 1.27 bits per heavy atom. The van der Waals surface area contributed by atoms with E-state index in [1.54, 1.807) is 30.3 Å². The molecule has 3 aromatic rings. The molecule has 9 nitrogen and oxygen atoms in total. The lowest BCUT2D eigenvalue weighted by Gasteiger charge is -2.35. The second kappa shape index (κ2) is 11.2. The second-order valence-corrected chi connectivity index (χ2v) is 11.7. The molecule has 1 fully saturated rings. The van der Waals surface area contributed by atoms with E-state index in [9.17, 15) is 9.59 Å². The Labute approximate surface area is 228 Å². The van der Waals surface area contributed by atoms with Crippen molar-refractivity contribution in [2.75, 3.05) is 23.4 Å². The lowest BCUT2D eigenvalue weighted by Crippen LogP contribution is -2.44. The number of carbonyl (C=O) groups is 2. The third-order valence-electron chi connectivity index (χ3n) is 7.05. The fourth-order valence-corrected chi connectivity index (χ4v) is 6.40. The van der Waals surface area contributed by atoms with Gasteiger partial charge in [-0.2, -0.15) is 5.10 Å². The molecule has 37 heavy (non-hydrogen) atoms. The number of ether oxygens (including phenoxy) is 1. The number of aromatic nitrogens is 3. The number of pyridine rings is 1. The van der Waals surface area contributed by atoms with E-state index in [1.807, 2.05) is 18.2 Å². The van der Waals surface area contributed by atoms with Gasteiger partial charge in [0.1, 0.15) is 18.3 Å². The largest absolute Gasteiger partial charge is 0.474 e. The smallest absolute Gasteiger partial charge is 0.262 e. The first-order valence-corrected chi connectivity index (χ1v) is 14.2. The van der Waals surface area contributed by atoms with E-state index in [0.717, 1.165) is 34.4 Å². The molecule has 5 rings (SSSR count). The molecular formula is C26H31BrN6O3S. The summed E-state index contributed by atoms with van der Waals surface area (Å²) in [6, 6.07) is 5.28. The molecule has 0 aromatic carbocycles. The molecule has 4 heterocycles. The van der Waals surface area contributed by atoms with Crippen molar-refractivity contribution in [3.63, 3.8) is 0 Å². The molecule has 0 saturated heterocycles. The highest BCUT2D eigenvalue weighted by molar-refractivity contribution is 9.10. The number of thiophene rings is 1. The van der Waals surface area contributed by atoms with Crippen LogP contribution in [0.1, 0.15) is 59.6 Å². The molecule has 2 amide bonds. The van der Waals surface area contributed by atoms with Crippen LogP contribution in [0.25, 0.3) is 0 Å². The van der Waals surface area contributed by atoms with Crippen molar-refractivity contribution in [1.82, 2.24) is 20.1 Å². The fourth-order valence-electron chi connectivity index (χ4n) is 5.10. The van der Waals surface area contributed by atoms with Gasteiger partial charge in [-0.3, -0.25) is 14.3 Å². The standard InChI is InChI=1S/C26H31BrN6O3S/c1-16(33-9-10-36-26-21(33)12-18(27)13-28-26)22-7-8-23(37-22)25(35)31-20(11-17-5-3-4-6-17)24(34)30-19-14-29-32(2)15-19/h7-8,12-17,20H,3-6,9-11H2,1-2H3,(H,30,34)(H,31,35)/t16-,20-/m0/s1. The highest BCUT2D eigenvalue weighted by Gasteiger charge is 2.29. The van der Waals surface area contributed by atoms with Crippen molar-refractivity contribution in [2.24, 2.45) is 13.0 Å². The fraction of sp³-hybridized carbons (Fsp3) is 0.462. The van der Waals surface area contributed by atoms with Crippen molar-refractivity contribution in [3.8, 4) is 5.88 Å². The minimum Gasteiger partial charge on any atom is -0.474 e. The summed E-state index contributed by atoms with van der Waals surface area (Å²) in [5.74, 6) is 0.629. The number of carbonyl (C=O) groups excluding carboxylic acids is 2. The number of halogens is 1. The number of amides is 2. The first-order chi connectivity index (χ1) is 17.9. The zero-order valence-corrected chi connectivity index (χ0v) is 23.3. The average Bonchev–Trinajstić information content (AvgIpc) is 3.65. The number of fused-ring (bicyclic) bond motifs is 1. The summed E-state index contributed by atoms with van der Waals surface area (Å²) in [5.41, 5.74) is 1.55. The summed E-state index contributed by atoms with van der Waals surface area (Å²) >= 11 is 4.96. The predicted octanol–water partition coefficient (Wildman–Crippen LogP) is 4.92. The zero-order chi connectivity index (χ0) is 25.9. The summed E-state index contributed by atoms with van der Waals surface area (Å²) in [6.07, 6.45) is 10.3. The van der Waals surface area contributed by atoms with Gasteiger partial charge in [0.15, 0.2) is 0 Å². The van der Waals surface area contributed by atoms with E-state index in [0.29, 0.717) is 35.4 Å². The lowest BCUT2D eigenvalue weighted by atomic mass is 9.97. The molecule has 1 aliphatic carbocycles. The normalized spacial score (nSPS) is 17.1. The van der Waals surface area contributed by atoms with Crippen molar-refractivity contribution in [3.05, 3.63) is 51.0 Å². The number of hydrogen-bond donors (Lipinski definition) is 2. The van der Waals surface area contributed by atoms with Crippen LogP contribution in [0, 0.1) is 5.92 Å². The number of aryl methyl sites for hydroxylation is 1. The third-order valence-corrected chi connectivity index (χ3v) is 8.74. The van der Waals surface area contributed by atoms with Gasteiger partial charge in [-0.05, 0) is 53.4 Å². The molecule has 1 saturated carbocycles. The highest BCUT2D eigenvalue weighted by atomic mass is 79.9. The summed E-state index contributed by atoms with van der Waals surface area (Å²) in [5, 5.41) is 10.1. The molecule has 2 N–H and O–H groups in total. The third kappa shape index (κ3) is 5.98. The van der Waals surface area contributed by atoms with Crippen LogP contribution >= 0.6 is 27.3 Å². The zero-order valence-electron chi connectivity index (χ0n) is 20.9. The van der Waals surface area contributed by atoms with Crippen LogP contribution in [0.15, 0.2) is 41.3 Å². The predicted molar refractivity (Wildman–Crippen MR) is 147 cm³/mol. The summed E-state index contributed by atoms with van der Waals surface area (Å²) < 4.78 is 8.25. The van der Waals surface area contributed by atoms with Crippen molar-refractivity contribution >= 4 is 50.5 Å². The van der Waals surface area contributed by atoms with Gasteiger partial charge >= 0.3 is 0 Å². The van der Waals surface area contributed by atoms with Crippen LogP contribution in [0.4, 0.5) is 11.4 Å². The Morgan fingerprint density at radius 3 is 2.84 bits per heavy atom. The Bertz CT molecular complexity index is 1270. The van der Waals surface area contributed by atoms with Gasteiger partial charge in [-0.25, -0.2) is 4.98 Å². The number of hydrogen-bond acceptors (Lipinski definition) is 7. The SMILES string of the molecule is C[C@@H](c1ccc(C(=O)N[C@@H](CC2CCCC2)C(=O)Nc2cnn(C)c2)s1)N1CCOc2ncc(Br)cc21.